The lowest BCUT2D eigenvalue weighted by molar-refractivity contribution is 0.645. The predicted octanol–water partition coefficient (Wildman–Crippen LogP) is 3.64. The topological polar surface area (TPSA) is 0 Å². The fourth-order valence-electron chi connectivity index (χ4n) is 0.619. The Hall–Kier alpha value is -0.300. The van der Waals surface area contributed by atoms with Crippen molar-refractivity contribution in [3.05, 3.63) is 23.5 Å². The van der Waals surface area contributed by atoms with Gasteiger partial charge in [-0.3, -0.25) is 0 Å². The first-order valence-corrected chi connectivity index (χ1v) is 3.60. The minimum Gasteiger partial charge on any atom is -0.208 e. The average Bonchev–Trinajstić information content (AvgIpc) is 1.58. The summed E-state index contributed by atoms with van der Waals surface area (Å²) in [7, 11) is 0. The van der Waals surface area contributed by atoms with E-state index in [1.165, 1.54) is 6.08 Å². The fourth-order valence-corrected chi connectivity index (χ4v) is 1.05. The zero-order valence-electron chi connectivity index (χ0n) is 6.32. The highest BCUT2D eigenvalue weighted by molar-refractivity contribution is 6.29. The second-order valence-corrected chi connectivity index (χ2v) is 3.12. The molecule has 0 aromatic carbocycles. The normalized spacial score (nSPS) is 12.3. The van der Waals surface area contributed by atoms with E-state index in [0.717, 1.165) is 0 Å². The first-order valence-electron chi connectivity index (χ1n) is 3.23. The van der Waals surface area contributed by atoms with Gasteiger partial charge in [0.1, 0.15) is 5.83 Å². The van der Waals surface area contributed by atoms with Gasteiger partial charge in [0.2, 0.25) is 0 Å². The lowest BCUT2D eigenvalue weighted by atomic mass is 10.1. The van der Waals surface area contributed by atoms with E-state index in [1.807, 2.05) is 13.8 Å². The van der Waals surface area contributed by atoms with E-state index in [0.29, 0.717) is 17.4 Å². The van der Waals surface area contributed by atoms with Gasteiger partial charge >= 0.3 is 0 Å². The van der Waals surface area contributed by atoms with Crippen molar-refractivity contribution in [2.24, 2.45) is 5.92 Å². The Labute approximate surface area is 66.4 Å². The van der Waals surface area contributed by atoms with Gasteiger partial charge in [0.25, 0.3) is 0 Å². The molecule has 10 heavy (non-hydrogen) atoms. The third-order valence-electron chi connectivity index (χ3n) is 0.916. The molecule has 0 atom stereocenters. The summed E-state index contributed by atoms with van der Waals surface area (Å²) in [6, 6.07) is 0. The van der Waals surface area contributed by atoms with Crippen molar-refractivity contribution in [3.8, 4) is 0 Å². The summed E-state index contributed by atoms with van der Waals surface area (Å²) < 4.78 is 12.0. The van der Waals surface area contributed by atoms with Crippen molar-refractivity contribution in [2.75, 3.05) is 0 Å². The molecule has 0 saturated heterocycles. The molecule has 0 rings (SSSR count). The van der Waals surface area contributed by atoms with Crippen molar-refractivity contribution in [3.63, 3.8) is 0 Å². The molecule has 0 N–H and O–H groups in total. The quantitative estimate of drug-likeness (QED) is 0.556. The summed E-state index contributed by atoms with van der Waals surface area (Å²) in [5.41, 5.74) is 0. The molecule has 0 aliphatic heterocycles. The number of allylic oxidation sites excluding steroid dienone is 3. The van der Waals surface area contributed by atoms with Crippen LogP contribution >= 0.6 is 11.6 Å². The van der Waals surface area contributed by atoms with Crippen LogP contribution in [0.4, 0.5) is 4.39 Å². The lowest BCUT2D eigenvalue weighted by Gasteiger charge is -2.00. The molecule has 0 heterocycles. The highest BCUT2D eigenvalue weighted by Gasteiger charge is 1.97. The van der Waals surface area contributed by atoms with Gasteiger partial charge in [-0.25, -0.2) is 4.39 Å². The van der Waals surface area contributed by atoms with Gasteiger partial charge in [-0.2, -0.15) is 0 Å². The second kappa shape index (κ2) is 4.51. The Morgan fingerprint density at radius 2 is 2.20 bits per heavy atom. The van der Waals surface area contributed by atoms with E-state index in [-0.39, 0.29) is 0 Å². The summed E-state index contributed by atoms with van der Waals surface area (Å²) in [6.07, 6.45) is 1.96. The van der Waals surface area contributed by atoms with Crippen LogP contribution in [0.15, 0.2) is 23.5 Å². The Kier molecular flexibility index (Phi) is 4.37. The standard InChI is InChI=1S/C8H12ClF/c1-6(2)4-8(9)5-7(3)10/h5-6H,3-4H2,1-2H3/b8-5+. The van der Waals surface area contributed by atoms with Crippen LogP contribution in [0.3, 0.4) is 0 Å². The molecule has 0 unspecified atom stereocenters. The molecule has 0 aliphatic carbocycles. The summed E-state index contributed by atoms with van der Waals surface area (Å²) >= 11 is 5.63. The zero-order valence-corrected chi connectivity index (χ0v) is 7.08. The molecule has 0 bridgehead atoms. The number of rotatable bonds is 3. The van der Waals surface area contributed by atoms with E-state index in [9.17, 15) is 4.39 Å². The number of hydrogen-bond acceptors (Lipinski definition) is 0. The minimum atomic E-state index is -0.481. The second-order valence-electron chi connectivity index (χ2n) is 2.64. The number of hydrogen-bond donors (Lipinski definition) is 0. The summed E-state index contributed by atoms with van der Waals surface area (Å²) in [4.78, 5) is 0. The molecule has 0 aromatic rings. The van der Waals surface area contributed by atoms with Gasteiger partial charge < -0.3 is 0 Å². The van der Waals surface area contributed by atoms with Crippen LogP contribution in [-0.4, -0.2) is 0 Å². The minimum absolute atomic E-state index is 0.461. The Morgan fingerprint density at radius 3 is 2.50 bits per heavy atom. The molecular formula is C8H12ClF. The molecule has 0 saturated carbocycles. The molecule has 0 amide bonds. The highest BCUT2D eigenvalue weighted by atomic mass is 35.5. The largest absolute Gasteiger partial charge is 0.208 e. The van der Waals surface area contributed by atoms with Crippen molar-refractivity contribution < 1.29 is 4.39 Å². The summed E-state index contributed by atoms with van der Waals surface area (Å²) in [5, 5.41) is 0.530. The van der Waals surface area contributed by atoms with Crippen LogP contribution in [0, 0.1) is 5.92 Å². The third-order valence-corrected chi connectivity index (χ3v) is 1.18. The van der Waals surface area contributed by atoms with Gasteiger partial charge in [0, 0.05) is 5.03 Å². The van der Waals surface area contributed by atoms with E-state index < -0.39 is 5.83 Å². The molecule has 0 spiro atoms. The average molecular weight is 163 g/mol. The Balaban J connectivity index is 3.83. The van der Waals surface area contributed by atoms with Crippen LogP contribution in [-0.2, 0) is 0 Å². The van der Waals surface area contributed by atoms with Crippen molar-refractivity contribution in [1.82, 2.24) is 0 Å². The van der Waals surface area contributed by atoms with Crippen LogP contribution in [0.2, 0.25) is 0 Å². The molecule has 0 fully saturated rings. The first-order chi connectivity index (χ1) is 4.52. The van der Waals surface area contributed by atoms with Gasteiger partial charge in [-0.1, -0.05) is 32.0 Å². The first kappa shape index (κ1) is 9.70. The van der Waals surface area contributed by atoms with Gasteiger partial charge in [-0.05, 0) is 18.4 Å². The van der Waals surface area contributed by atoms with Crippen LogP contribution in [0.1, 0.15) is 20.3 Å². The highest BCUT2D eigenvalue weighted by Crippen LogP contribution is 2.16. The lowest BCUT2D eigenvalue weighted by Crippen LogP contribution is -1.85. The Morgan fingerprint density at radius 1 is 1.70 bits per heavy atom. The molecule has 0 radical (unpaired) electrons. The van der Waals surface area contributed by atoms with Crippen LogP contribution in [0.5, 0.6) is 0 Å². The third kappa shape index (κ3) is 5.83. The number of halogens is 2. The summed E-state index contributed by atoms with van der Waals surface area (Å²) in [5.74, 6) is -0.0197. The van der Waals surface area contributed by atoms with Crippen molar-refractivity contribution in [1.29, 1.82) is 0 Å². The Bertz CT molecular complexity index is 147. The van der Waals surface area contributed by atoms with Crippen molar-refractivity contribution >= 4 is 11.6 Å². The van der Waals surface area contributed by atoms with E-state index >= 15 is 0 Å². The van der Waals surface area contributed by atoms with E-state index in [1.54, 1.807) is 0 Å². The monoisotopic (exact) mass is 162 g/mol. The molecule has 0 aliphatic rings. The maximum absolute atomic E-state index is 12.0. The van der Waals surface area contributed by atoms with Gasteiger partial charge in [-0.15, -0.1) is 0 Å². The molecule has 2 heteroatoms. The zero-order chi connectivity index (χ0) is 8.15. The smallest absolute Gasteiger partial charge is 0.117 e. The summed E-state index contributed by atoms with van der Waals surface area (Å²) in [6.45, 7) is 7.12. The van der Waals surface area contributed by atoms with Crippen LogP contribution in [0.25, 0.3) is 0 Å². The molecular weight excluding hydrogens is 151 g/mol. The SMILES string of the molecule is C=C(F)/C=C(/Cl)CC(C)C. The maximum atomic E-state index is 12.0. The maximum Gasteiger partial charge on any atom is 0.117 e. The fraction of sp³-hybridized carbons (Fsp3) is 0.500. The molecule has 58 valence electrons. The van der Waals surface area contributed by atoms with E-state index in [2.05, 4.69) is 6.58 Å². The predicted molar refractivity (Wildman–Crippen MR) is 43.6 cm³/mol. The van der Waals surface area contributed by atoms with Crippen LogP contribution < -0.4 is 0 Å². The van der Waals surface area contributed by atoms with Gasteiger partial charge in [0.05, 0.1) is 0 Å². The van der Waals surface area contributed by atoms with E-state index in [4.69, 9.17) is 11.6 Å². The van der Waals surface area contributed by atoms with Crippen molar-refractivity contribution in [2.45, 2.75) is 20.3 Å². The molecule has 0 aromatic heterocycles. The van der Waals surface area contributed by atoms with Gasteiger partial charge in [0.15, 0.2) is 0 Å². The molecule has 0 nitrogen and oxygen atoms in total.